The Hall–Kier alpha value is -5.34. The number of nitrogens with one attached hydrogen (secondary N) is 1. The summed E-state index contributed by atoms with van der Waals surface area (Å²) in [6.45, 7) is 4.25. The number of imidazole rings is 1. The molecule has 0 radical (unpaired) electrons. The van der Waals surface area contributed by atoms with Crippen LogP contribution in [0.2, 0.25) is 0 Å². The van der Waals surface area contributed by atoms with Gasteiger partial charge in [0.1, 0.15) is 11.3 Å². The zero-order valence-electron chi connectivity index (χ0n) is 24.2. The van der Waals surface area contributed by atoms with Gasteiger partial charge in [0.05, 0.1) is 18.1 Å². The maximum absolute atomic E-state index is 12.3. The van der Waals surface area contributed by atoms with Crippen LogP contribution in [0.3, 0.4) is 0 Å². The van der Waals surface area contributed by atoms with Crippen molar-refractivity contribution in [2.75, 3.05) is 12.3 Å². The van der Waals surface area contributed by atoms with Crippen molar-refractivity contribution in [1.82, 2.24) is 39.5 Å². The number of rotatable bonds is 7. The number of likely N-dealkylation sites (tertiary alicyclic amines) is 1. The van der Waals surface area contributed by atoms with Crippen LogP contribution in [0.15, 0.2) is 79.8 Å². The second-order valence-corrected chi connectivity index (χ2v) is 11.3. The number of nitrogens with two attached hydrogens (primary N) is 1. The Balaban J connectivity index is 1.22. The van der Waals surface area contributed by atoms with Crippen LogP contribution >= 0.6 is 0 Å². The van der Waals surface area contributed by atoms with Crippen molar-refractivity contribution in [2.45, 2.75) is 50.2 Å². The number of carbonyl (C=O) groups is 1. The van der Waals surface area contributed by atoms with Crippen molar-refractivity contribution in [3.8, 4) is 29.0 Å². The van der Waals surface area contributed by atoms with Crippen LogP contribution < -0.4 is 11.1 Å². The van der Waals surface area contributed by atoms with E-state index in [1.165, 1.54) is 17.2 Å². The fraction of sp³-hybridized carbons (Fsp3) is 0.273. The minimum atomic E-state index is -0.105. The van der Waals surface area contributed by atoms with Gasteiger partial charge in [-0.05, 0) is 85.4 Å². The molecule has 0 saturated carbocycles. The Morgan fingerprint density at radius 1 is 1.16 bits per heavy atom. The van der Waals surface area contributed by atoms with Gasteiger partial charge in [0.2, 0.25) is 5.91 Å². The first-order valence-corrected chi connectivity index (χ1v) is 14.8. The third kappa shape index (κ3) is 4.89. The van der Waals surface area contributed by atoms with Crippen molar-refractivity contribution >= 4 is 22.9 Å². The molecule has 1 amide bonds. The number of aryl methyl sites for hydroxylation is 1. The number of fused-ring (bicyclic) bond motifs is 2. The van der Waals surface area contributed by atoms with Gasteiger partial charge in [-0.25, -0.2) is 19.6 Å². The summed E-state index contributed by atoms with van der Waals surface area (Å²) in [5.74, 6) is 1.66. The molecule has 3 unspecified atom stereocenters. The van der Waals surface area contributed by atoms with Crippen molar-refractivity contribution in [2.24, 2.45) is 0 Å². The Morgan fingerprint density at radius 2 is 2.07 bits per heavy atom. The molecular weight excluding hydrogens is 552 g/mol. The molecule has 4 aromatic heterocycles. The molecule has 220 valence electrons. The first-order chi connectivity index (χ1) is 21.5. The summed E-state index contributed by atoms with van der Waals surface area (Å²) in [6.07, 6.45) is 10.4. The summed E-state index contributed by atoms with van der Waals surface area (Å²) in [7, 11) is 0. The molecule has 0 bridgehead atoms. The molecule has 1 aromatic carbocycles. The number of aromatic nitrogens is 6. The van der Waals surface area contributed by atoms with E-state index in [-0.39, 0.29) is 24.0 Å². The largest absolute Gasteiger partial charge is 0.383 e. The van der Waals surface area contributed by atoms with Gasteiger partial charge in [-0.15, -0.1) is 0 Å². The van der Waals surface area contributed by atoms with Gasteiger partial charge < -0.3 is 16.0 Å². The molecule has 0 spiro atoms. The van der Waals surface area contributed by atoms with E-state index in [0.717, 1.165) is 42.5 Å². The van der Waals surface area contributed by atoms with E-state index in [1.807, 2.05) is 36.5 Å². The van der Waals surface area contributed by atoms with E-state index in [0.29, 0.717) is 36.1 Å². The maximum Gasteiger partial charge on any atom is 0.246 e. The van der Waals surface area contributed by atoms with E-state index in [9.17, 15) is 10.1 Å². The maximum atomic E-state index is 12.3. The average molecular weight is 585 g/mol. The number of benzene rings is 1. The number of amides is 1. The van der Waals surface area contributed by atoms with E-state index in [4.69, 9.17) is 15.7 Å². The second kappa shape index (κ2) is 11.4. The normalized spacial score (nSPS) is 19.5. The number of nitrogens with zero attached hydrogens (tertiary/aromatic N) is 8. The van der Waals surface area contributed by atoms with Gasteiger partial charge in [0.15, 0.2) is 17.3 Å². The van der Waals surface area contributed by atoms with Crippen LogP contribution in [0.4, 0.5) is 5.82 Å². The first kappa shape index (κ1) is 27.5. The predicted octanol–water partition coefficient (Wildman–Crippen LogP) is 4.29. The third-order valence-corrected chi connectivity index (χ3v) is 8.71. The summed E-state index contributed by atoms with van der Waals surface area (Å²) < 4.78 is 3.78. The third-order valence-electron chi connectivity index (χ3n) is 8.71. The van der Waals surface area contributed by atoms with Crippen LogP contribution in [0.5, 0.6) is 0 Å². The number of pyridine rings is 2. The van der Waals surface area contributed by atoms with Gasteiger partial charge >= 0.3 is 0 Å². The zero-order valence-corrected chi connectivity index (χ0v) is 24.2. The number of piperidine rings is 1. The molecule has 11 heteroatoms. The highest BCUT2D eigenvalue weighted by atomic mass is 16.2. The highest BCUT2D eigenvalue weighted by Crippen LogP contribution is 2.37. The lowest BCUT2D eigenvalue weighted by molar-refractivity contribution is -0.129. The highest BCUT2D eigenvalue weighted by Gasteiger charge is 2.33. The summed E-state index contributed by atoms with van der Waals surface area (Å²) in [5, 5.41) is 17.6. The molecule has 5 aromatic rings. The van der Waals surface area contributed by atoms with Gasteiger partial charge in [-0.2, -0.15) is 10.4 Å². The average Bonchev–Trinajstić information content (AvgIpc) is 3.80. The number of hydrogen-bond donors (Lipinski definition) is 2. The topological polar surface area (TPSA) is 144 Å². The monoisotopic (exact) mass is 584 g/mol. The highest BCUT2D eigenvalue weighted by molar-refractivity contribution is 5.87. The first-order valence-electron chi connectivity index (χ1n) is 14.8. The number of nitriles is 1. The van der Waals surface area contributed by atoms with Crippen LogP contribution in [0, 0.1) is 11.3 Å². The molecule has 1 saturated heterocycles. The lowest BCUT2D eigenvalue weighted by atomic mass is 9.93. The minimum Gasteiger partial charge on any atom is -0.383 e. The molecule has 5 heterocycles. The van der Waals surface area contributed by atoms with Gasteiger partial charge in [-0.3, -0.25) is 9.36 Å². The molecule has 3 atom stereocenters. The minimum absolute atomic E-state index is 0.104. The fourth-order valence-corrected chi connectivity index (χ4v) is 6.62. The molecular formula is C33H32N10O. The zero-order chi connectivity index (χ0) is 30.2. The Kier molecular flexibility index (Phi) is 7.12. The lowest BCUT2D eigenvalue weighted by Crippen LogP contribution is -2.50. The quantitative estimate of drug-likeness (QED) is 0.270. The van der Waals surface area contributed by atoms with Crippen LogP contribution in [-0.2, 0) is 11.2 Å². The Morgan fingerprint density at radius 3 is 2.86 bits per heavy atom. The summed E-state index contributed by atoms with van der Waals surface area (Å²) in [6, 6.07) is 18.6. The fourth-order valence-electron chi connectivity index (χ4n) is 6.62. The predicted molar refractivity (Wildman–Crippen MR) is 167 cm³/mol. The van der Waals surface area contributed by atoms with Crippen molar-refractivity contribution in [3.05, 3.63) is 90.9 Å². The van der Waals surface area contributed by atoms with Gasteiger partial charge in [0, 0.05) is 48.9 Å². The smallest absolute Gasteiger partial charge is 0.246 e. The SMILES string of the molecule is C=CC(=O)N1CCC(NC2CCc3cc(-n4c(-c5cccnc5N)nc5ccc(-n6cccn6)nc54)ccc32)CC1CC#N. The lowest BCUT2D eigenvalue weighted by Gasteiger charge is -2.39. The van der Waals surface area contributed by atoms with E-state index < -0.39 is 0 Å². The van der Waals surface area contributed by atoms with E-state index in [2.05, 4.69) is 50.8 Å². The summed E-state index contributed by atoms with van der Waals surface area (Å²) in [5.41, 5.74) is 12.0. The molecule has 44 heavy (non-hydrogen) atoms. The molecule has 3 N–H and O–H groups in total. The number of hydrogen-bond acceptors (Lipinski definition) is 8. The van der Waals surface area contributed by atoms with Crippen molar-refractivity contribution in [3.63, 3.8) is 0 Å². The number of anilines is 1. The molecule has 2 aliphatic rings. The van der Waals surface area contributed by atoms with Gasteiger partial charge in [-0.1, -0.05) is 12.6 Å². The molecule has 11 nitrogen and oxygen atoms in total. The summed E-state index contributed by atoms with van der Waals surface area (Å²) in [4.78, 5) is 28.4. The van der Waals surface area contributed by atoms with Crippen molar-refractivity contribution < 1.29 is 4.79 Å². The summed E-state index contributed by atoms with van der Waals surface area (Å²) >= 11 is 0. The second-order valence-electron chi connectivity index (χ2n) is 11.3. The van der Waals surface area contributed by atoms with E-state index >= 15 is 0 Å². The van der Waals surface area contributed by atoms with Crippen LogP contribution in [0.25, 0.3) is 34.1 Å². The molecule has 7 rings (SSSR count). The molecule has 1 aliphatic heterocycles. The van der Waals surface area contributed by atoms with Gasteiger partial charge in [0.25, 0.3) is 0 Å². The number of nitrogen functional groups attached to an aromatic ring is 1. The molecule has 1 fully saturated rings. The van der Waals surface area contributed by atoms with Crippen LogP contribution in [-0.4, -0.2) is 58.7 Å². The molecule has 1 aliphatic carbocycles. The Bertz CT molecular complexity index is 1900. The number of carbonyl (C=O) groups excluding carboxylic acids is 1. The Labute approximate surface area is 254 Å². The van der Waals surface area contributed by atoms with E-state index in [1.54, 1.807) is 22.0 Å². The standard InChI is InChI=1S/C33H32N10O/c1-2-30(44)41-18-13-22(20-23(41)12-14-34)38-27-9-6-21-19-24(7-8-25(21)27)43-32(26-5-3-15-36-31(26)35)39-28-10-11-29(40-33(28)43)42-17-4-16-37-42/h2-5,7-8,10-11,15-17,19,22-23,27,38H,1,6,9,12-13,18,20H2,(H2,35,36). The van der Waals surface area contributed by atoms with Crippen LogP contribution in [0.1, 0.15) is 42.9 Å². The van der Waals surface area contributed by atoms with Crippen molar-refractivity contribution in [1.29, 1.82) is 5.26 Å².